The summed E-state index contributed by atoms with van der Waals surface area (Å²) in [4.78, 5) is 50.8. The molecule has 2 heterocycles. The van der Waals surface area contributed by atoms with E-state index in [0.717, 1.165) is 24.2 Å². The number of aromatic nitrogens is 2. The van der Waals surface area contributed by atoms with Gasteiger partial charge in [0.25, 0.3) is 23.6 Å². The van der Waals surface area contributed by atoms with Crippen molar-refractivity contribution >= 4 is 78.2 Å². The van der Waals surface area contributed by atoms with Crippen molar-refractivity contribution in [3.63, 3.8) is 0 Å². The first kappa shape index (κ1) is 52.4. The van der Waals surface area contributed by atoms with Crippen LogP contribution in [0.4, 0.5) is 22.7 Å². The lowest BCUT2D eigenvalue weighted by atomic mass is 10.1. The zero-order chi connectivity index (χ0) is 50.3. The molecule has 0 aliphatic carbocycles. The van der Waals surface area contributed by atoms with E-state index < -0.39 is 32.1 Å². The highest BCUT2D eigenvalue weighted by atomic mass is 35.5. The van der Waals surface area contributed by atoms with Crippen molar-refractivity contribution in [1.82, 2.24) is 0 Å². The van der Waals surface area contributed by atoms with Crippen LogP contribution in [0.1, 0.15) is 66.4 Å². The van der Waals surface area contributed by atoms with E-state index in [1.165, 1.54) is 42.5 Å². The molecule has 0 saturated carbocycles. The molecular weight excluding hydrogens is 944 g/mol. The van der Waals surface area contributed by atoms with Gasteiger partial charge in [-0.3, -0.25) is 19.2 Å². The lowest BCUT2D eigenvalue weighted by molar-refractivity contribution is -0.693. The van der Waals surface area contributed by atoms with Gasteiger partial charge >= 0.3 is 0 Å². The maximum absolute atomic E-state index is 13.0. The second kappa shape index (κ2) is 23.9. The fourth-order valence-electron chi connectivity index (χ4n) is 6.05. The van der Waals surface area contributed by atoms with E-state index in [-0.39, 0.29) is 37.8 Å². The number of nitrogens with zero attached hydrogens (tertiary/aromatic N) is 2. The third kappa shape index (κ3) is 16.0. The van der Waals surface area contributed by atoms with Gasteiger partial charge < -0.3 is 30.4 Å². The summed E-state index contributed by atoms with van der Waals surface area (Å²) in [6.45, 7) is 9.23. The molecule has 2 aromatic heterocycles. The van der Waals surface area contributed by atoms with Crippen LogP contribution >= 0.6 is 11.6 Å². The Labute approximate surface area is 405 Å². The highest BCUT2D eigenvalue weighted by molar-refractivity contribution is 7.86. The van der Waals surface area contributed by atoms with Gasteiger partial charge in [0.1, 0.15) is 44.7 Å². The Hall–Kier alpha value is -7.61. The molecule has 0 saturated heterocycles. The van der Waals surface area contributed by atoms with E-state index >= 15 is 0 Å². The van der Waals surface area contributed by atoms with Crippen molar-refractivity contribution in [3.05, 3.63) is 203 Å². The van der Waals surface area contributed by atoms with Crippen molar-refractivity contribution in [2.45, 2.75) is 50.6 Å². The Morgan fingerprint density at radius 1 is 0.478 bits per heavy atom. The summed E-state index contributed by atoms with van der Waals surface area (Å²) in [5.74, 6) is -1.45. The molecule has 4 amide bonds. The number of anilines is 4. The highest BCUT2D eigenvalue weighted by Gasteiger charge is 2.16. The van der Waals surface area contributed by atoms with Crippen LogP contribution < -0.4 is 30.4 Å². The maximum atomic E-state index is 13.0. The molecule has 0 unspecified atom stereocenters. The predicted molar refractivity (Wildman–Crippen MR) is 259 cm³/mol. The molecule has 356 valence electrons. The van der Waals surface area contributed by atoms with Gasteiger partial charge in [0.15, 0.2) is 24.8 Å². The van der Waals surface area contributed by atoms with Crippen molar-refractivity contribution in [1.29, 1.82) is 0 Å². The van der Waals surface area contributed by atoms with Gasteiger partial charge in [0.05, 0.1) is 20.4 Å². The number of rotatable bonds is 12. The fourth-order valence-corrected chi connectivity index (χ4v) is 7.26. The first-order chi connectivity index (χ1) is 32.7. The van der Waals surface area contributed by atoms with Crippen LogP contribution in [0.15, 0.2) is 174 Å². The van der Waals surface area contributed by atoms with Gasteiger partial charge in [-0.05, 0) is 131 Å². The van der Waals surface area contributed by atoms with Crippen LogP contribution in [0.5, 0.6) is 0 Å². The average molecular weight is 992 g/mol. The highest BCUT2D eigenvalue weighted by Crippen LogP contribution is 2.22. The van der Waals surface area contributed by atoms with Gasteiger partial charge in [0, 0.05) is 40.2 Å². The van der Waals surface area contributed by atoms with Gasteiger partial charge in [-0.15, -0.1) is 0 Å². The largest absolute Gasteiger partial charge is 0.744 e. The van der Waals surface area contributed by atoms with Crippen molar-refractivity contribution in [2.24, 2.45) is 0 Å². The van der Waals surface area contributed by atoms with E-state index in [4.69, 9.17) is 11.6 Å². The number of hydrogen-bond donors (Lipinski definition) is 4. The van der Waals surface area contributed by atoms with Crippen LogP contribution in [-0.4, -0.2) is 49.6 Å². The van der Waals surface area contributed by atoms with Crippen LogP contribution in [0.3, 0.4) is 0 Å². The molecule has 16 nitrogen and oxygen atoms in total. The number of hydrogen-bond acceptors (Lipinski definition) is 10. The number of carbonyl (C=O) groups is 4. The Balaban J connectivity index is 0.000000328. The number of carbonyl (C=O) groups excluding carboxylic acids is 4. The lowest BCUT2D eigenvalue weighted by Crippen LogP contribution is -2.31. The average Bonchev–Trinajstić information content (AvgIpc) is 3.32. The monoisotopic (exact) mass is 990 g/mol. The molecule has 4 N–H and O–H groups in total. The molecule has 0 spiro atoms. The summed E-state index contributed by atoms with van der Waals surface area (Å²) < 4.78 is 66.2. The van der Waals surface area contributed by atoms with Crippen molar-refractivity contribution in [2.75, 3.05) is 21.3 Å². The molecule has 7 rings (SSSR count). The minimum Gasteiger partial charge on any atom is -0.744 e. The SMILES string of the molecule is CC[n+]1cccc(NC(=O)c2ccc(NC(=O)c3ccc(C(=O)Nc4ccc(C(=O)Nc5ccc[n+](CC)c5)cc4)c(Cl)c3)cc2)c1.Cc1ccc(S(=O)(=O)[O-])cc1.Cc1ccc(S(=O)(=O)[O-])cc1. The molecule has 19 heteroatoms. The van der Waals surface area contributed by atoms with Crippen molar-refractivity contribution < 1.29 is 54.3 Å². The standard InChI is InChI=1S/C36H31ClN6O4.2C7H8O3S/c1-3-42-19-5-7-29(22-42)40-33(44)24-9-14-27(15-10-24)38-35(46)26-13-18-31(32(37)21-26)36(47)39-28-16-11-25(12-17-28)34(45)41-30-8-6-20-43(4-2)23-30;2*1-6-2-4-7(5-3-6)11(8,9)10/h5-23H,3-4H2,1-2H3,(H2-2,38,39,40,41,44,45,46,47);2*2-5H,1H3,(H,8,9,10). The van der Waals surface area contributed by atoms with E-state index in [1.807, 2.05) is 85.9 Å². The van der Waals surface area contributed by atoms with Gasteiger partial charge in [0.2, 0.25) is 0 Å². The first-order valence-corrected chi connectivity index (χ1v) is 24.2. The fraction of sp³-hybridized carbons (Fsp3) is 0.120. The summed E-state index contributed by atoms with van der Waals surface area (Å²) in [5.41, 5.74) is 5.45. The number of nitrogens with one attached hydrogen (secondary N) is 4. The summed E-state index contributed by atoms with van der Waals surface area (Å²) in [7, 11) is -8.54. The normalized spacial score (nSPS) is 10.8. The Kier molecular flexibility index (Phi) is 18.1. The summed E-state index contributed by atoms with van der Waals surface area (Å²) in [6.07, 6.45) is 7.53. The molecule has 0 fully saturated rings. The third-order valence-electron chi connectivity index (χ3n) is 9.87. The molecular formula is C50H47ClN6O10S2. The van der Waals surface area contributed by atoms with Crippen molar-refractivity contribution in [3.8, 4) is 0 Å². The smallest absolute Gasteiger partial charge is 0.257 e. The van der Waals surface area contributed by atoms with E-state index in [2.05, 4.69) is 21.3 Å². The van der Waals surface area contributed by atoms with Crippen LogP contribution in [0.2, 0.25) is 5.02 Å². The molecule has 69 heavy (non-hydrogen) atoms. The zero-order valence-electron chi connectivity index (χ0n) is 37.7. The molecule has 0 aliphatic heterocycles. The second-order valence-corrected chi connectivity index (χ2v) is 18.2. The topological polar surface area (TPSA) is 239 Å². The Bertz CT molecular complexity index is 3100. The minimum absolute atomic E-state index is 0.0932. The molecule has 5 aromatic carbocycles. The molecule has 0 aliphatic rings. The number of benzene rings is 5. The second-order valence-electron chi connectivity index (χ2n) is 15.0. The van der Waals surface area contributed by atoms with Gasteiger partial charge in [-0.2, -0.15) is 0 Å². The predicted octanol–water partition coefficient (Wildman–Crippen LogP) is 7.76. The zero-order valence-corrected chi connectivity index (χ0v) is 40.1. The van der Waals surface area contributed by atoms with Crippen LogP contribution in [-0.2, 0) is 33.3 Å². The quantitative estimate of drug-likeness (QED) is 0.0685. The maximum Gasteiger partial charge on any atom is 0.257 e. The third-order valence-corrected chi connectivity index (χ3v) is 11.9. The minimum atomic E-state index is -4.27. The Morgan fingerprint density at radius 3 is 1.19 bits per heavy atom. The number of amides is 4. The number of aryl methyl sites for hydroxylation is 4. The first-order valence-electron chi connectivity index (χ1n) is 21.0. The number of halogens is 1. The van der Waals surface area contributed by atoms with E-state index in [1.54, 1.807) is 72.8 Å². The van der Waals surface area contributed by atoms with Crippen LogP contribution in [0, 0.1) is 13.8 Å². The number of pyridine rings is 2. The summed E-state index contributed by atoms with van der Waals surface area (Å²) in [5, 5.41) is 11.3. The lowest BCUT2D eigenvalue weighted by Gasteiger charge is -2.10. The summed E-state index contributed by atoms with van der Waals surface area (Å²) >= 11 is 6.40. The van der Waals surface area contributed by atoms with Crippen LogP contribution in [0.25, 0.3) is 0 Å². The molecule has 0 bridgehead atoms. The summed E-state index contributed by atoms with van der Waals surface area (Å²) in [6, 6.07) is 36.2. The molecule has 7 aromatic rings. The Morgan fingerprint density at radius 2 is 0.826 bits per heavy atom. The van der Waals surface area contributed by atoms with Gasteiger partial charge in [-0.25, -0.2) is 26.0 Å². The van der Waals surface area contributed by atoms with Gasteiger partial charge in [-0.1, -0.05) is 47.0 Å². The molecule has 0 atom stereocenters. The van der Waals surface area contributed by atoms with E-state index in [9.17, 15) is 45.1 Å². The molecule has 0 radical (unpaired) electrons. The van der Waals surface area contributed by atoms with E-state index in [0.29, 0.717) is 33.9 Å².